The fourth-order valence-electron chi connectivity index (χ4n) is 4.40. The summed E-state index contributed by atoms with van der Waals surface area (Å²) in [5.74, 6) is -1.84. The third kappa shape index (κ3) is 7.20. The van der Waals surface area contributed by atoms with Gasteiger partial charge in [0.05, 0.1) is 24.3 Å². The highest BCUT2D eigenvalue weighted by Crippen LogP contribution is 2.34. The Bertz CT molecular complexity index is 1180. The van der Waals surface area contributed by atoms with E-state index in [0.29, 0.717) is 0 Å². The second-order valence-electron chi connectivity index (χ2n) is 9.76. The standard InChI is InChI=1S/C24H32F4N4O4S/c1-4-36-20-12-17(18(25)13-30-20)21(29)16-6-5-15(11-19(16)31-14(2)24(26,27)28)22(33)32-23(3)7-9-37(34,35)10-8-23/h12-15H,4-11,29H2,1-3H3,(H,32,33)/t14?,15-/m1/s1. The lowest BCUT2D eigenvalue weighted by atomic mass is 9.81. The fourth-order valence-corrected chi connectivity index (χ4v) is 6.13. The number of carbonyl (C=O) groups is 1. The Hall–Kier alpha value is -2.70. The smallest absolute Gasteiger partial charge is 0.410 e. The van der Waals surface area contributed by atoms with Gasteiger partial charge >= 0.3 is 6.18 Å². The first kappa shape index (κ1) is 28.9. The number of aliphatic imine (C=N–C) groups is 1. The summed E-state index contributed by atoms with van der Waals surface area (Å²) in [6.45, 7) is 4.64. The van der Waals surface area contributed by atoms with Gasteiger partial charge in [-0.1, -0.05) is 0 Å². The van der Waals surface area contributed by atoms with Gasteiger partial charge in [-0.3, -0.25) is 9.79 Å². The van der Waals surface area contributed by atoms with Crippen LogP contribution in [0.2, 0.25) is 0 Å². The maximum absolute atomic E-state index is 14.6. The van der Waals surface area contributed by atoms with Crippen molar-refractivity contribution in [2.24, 2.45) is 16.6 Å². The lowest BCUT2D eigenvalue weighted by molar-refractivity contribution is -0.142. The van der Waals surface area contributed by atoms with Crippen LogP contribution in [0.25, 0.3) is 5.70 Å². The fraction of sp³-hybridized carbons (Fsp3) is 0.625. The molecule has 1 aliphatic heterocycles. The summed E-state index contributed by atoms with van der Waals surface area (Å²) in [6.07, 6.45) is -2.96. The van der Waals surface area contributed by atoms with Gasteiger partial charge in [0.25, 0.3) is 0 Å². The average molecular weight is 549 g/mol. The van der Waals surface area contributed by atoms with Gasteiger partial charge in [0.2, 0.25) is 11.8 Å². The molecule has 2 aliphatic rings. The molecule has 2 fully saturated rings. The molecular formula is C24H32F4N4O4S. The van der Waals surface area contributed by atoms with E-state index in [1.165, 1.54) is 6.07 Å². The number of sulfone groups is 1. The third-order valence-corrected chi connectivity index (χ3v) is 8.47. The first-order chi connectivity index (χ1) is 17.1. The molecule has 206 valence electrons. The van der Waals surface area contributed by atoms with Crippen LogP contribution in [-0.4, -0.2) is 60.9 Å². The minimum Gasteiger partial charge on any atom is -0.478 e. The van der Waals surface area contributed by atoms with Gasteiger partial charge < -0.3 is 15.8 Å². The number of alkyl halides is 3. The van der Waals surface area contributed by atoms with Crippen LogP contribution in [-0.2, 0) is 14.6 Å². The molecule has 1 saturated carbocycles. The Morgan fingerprint density at radius 3 is 2.59 bits per heavy atom. The van der Waals surface area contributed by atoms with Crippen molar-refractivity contribution < 1.29 is 35.5 Å². The van der Waals surface area contributed by atoms with Crippen LogP contribution in [0, 0.1) is 11.7 Å². The normalized spacial score (nSPS) is 24.8. The van der Waals surface area contributed by atoms with Crippen LogP contribution in [0.5, 0.6) is 5.88 Å². The summed E-state index contributed by atoms with van der Waals surface area (Å²) >= 11 is 0. The van der Waals surface area contributed by atoms with Gasteiger partial charge in [-0.2, -0.15) is 13.2 Å². The number of aromatic nitrogens is 1. The Balaban J connectivity index is 1.91. The largest absolute Gasteiger partial charge is 0.478 e. The number of nitrogens with zero attached hydrogens (tertiary/aromatic N) is 2. The number of allylic oxidation sites excluding steroid dienone is 1. The predicted octanol–water partition coefficient (Wildman–Crippen LogP) is 3.56. The van der Waals surface area contributed by atoms with Crippen LogP contribution in [0.1, 0.15) is 58.4 Å². The molecule has 2 atom stereocenters. The molecule has 0 spiro atoms. The summed E-state index contributed by atoms with van der Waals surface area (Å²) < 4.78 is 83.5. The van der Waals surface area contributed by atoms with Crippen molar-refractivity contribution in [2.75, 3.05) is 18.1 Å². The van der Waals surface area contributed by atoms with Crippen molar-refractivity contribution >= 4 is 27.2 Å². The van der Waals surface area contributed by atoms with E-state index >= 15 is 0 Å². The maximum Gasteiger partial charge on any atom is 0.410 e. The molecule has 1 aromatic heterocycles. The van der Waals surface area contributed by atoms with Crippen molar-refractivity contribution in [2.45, 2.75) is 70.6 Å². The molecule has 3 rings (SSSR count). The van der Waals surface area contributed by atoms with E-state index in [2.05, 4.69) is 15.3 Å². The van der Waals surface area contributed by atoms with E-state index < -0.39 is 39.3 Å². The molecule has 1 amide bonds. The van der Waals surface area contributed by atoms with Gasteiger partial charge in [0.15, 0.2) is 5.82 Å². The Kier molecular flexibility index (Phi) is 8.55. The predicted molar refractivity (Wildman–Crippen MR) is 131 cm³/mol. The van der Waals surface area contributed by atoms with E-state index in [4.69, 9.17) is 10.5 Å². The molecule has 1 unspecified atom stereocenters. The van der Waals surface area contributed by atoms with Gasteiger partial charge in [0, 0.05) is 40.9 Å². The first-order valence-corrected chi connectivity index (χ1v) is 13.9. The van der Waals surface area contributed by atoms with Crippen molar-refractivity contribution in [1.29, 1.82) is 0 Å². The quantitative estimate of drug-likeness (QED) is 0.524. The van der Waals surface area contributed by atoms with Crippen molar-refractivity contribution in [3.8, 4) is 5.88 Å². The van der Waals surface area contributed by atoms with E-state index in [1.807, 2.05) is 0 Å². The van der Waals surface area contributed by atoms with Crippen molar-refractivity contribution in [1.82, 2.24) is 10.3 Å². The van der Waals surface area contributed by atoms with E-state index in [1.54, 1.807) is 13.8 Å². The molecule has 13 heteroatoms. The second kappa shape index (κ2) is 11.0. The third-order valence-electron chi connectivity index (χ3n) is 6.82. The molecule has 0 aromatic carbocycles. The van der Waals surface area contributed by atoms with Gasteiger partial charge in [-0.25, -0.2) is 17.8 Å². The number of nitrogens with two attached hydrogens (primary N) is 1. The second-order valence-corrected chi connectivity index (χ2v) is 12.1. The van der Waals surface area contributed by atoms with Crippen molar-refractivity contribution in [3.63, 3.8) is 0 Å². The molecule has 2 heterocycles. The highest BCUT2D eigenvalue weighted by Gasteiger charge is 2.40. The van der Waals surface area contributed by atoms with E-state index in [-0.39, 0.29) is 84.5 Å². The summed E-state index contributed by atoms with van der Waals surface area (Å²) in [7, 11) is -3.15. The number of nitrogens with one attached hydrogen (secondary N) is 1. The number of amides is 1. The summed E-state index contributed by atoms with van der Waals surface area (Å²) in [5, 5.41) is 2.90. The zero-order valence-electron chi connectivity index (χ0n) is 21.0. The average Bonchev–Trinajstić information content (AvgIpc) is 2.81. The minimum absolute atomic E-state index is 0.0146. The SMILES string of the molecule is CCOc1cc(C(N)=C2CC[C@@H](C(=O)NC3(C)CCS(=O)(=O)CC3)CC2=NC(C)C(F)(F)F)c(F)cn1. The van der Waals surface area contributed by atoms with Crippen LogP contribution in [0.15, 0.2) is 22.8 Å². The molecule has 1 saturated heterocycles. The van der Waals surface area contributed by atoms with Crippen molar-refractivity contribution in [3.05, 3.63) is 29.2 Å². The highest BCUT2D eigenvalue weighted by atomic mass is 32.2. The lowest BCUT2D eigenvalue weighted by Crippen LogP contribution is -2.53. The van der Waals surface area contributed by atoms with Crippen LogP contribution < -0.4 is 15.8 Å². The van der Waals surface area contributed by atoms with Crippen LogP contribution in [0.4, 0.5) is 17.6 Å². The zero-order chi connectivity index (χ0) is 27.6. The van der Waals surface area contributed by atoms with E-state index in [0.717, 1.165) is 13.1 Å². The monoisotopic (exact) mass is 548 g/mol. The topological polar surface area (TPSA) is 124 Å². The van der Waals surface area contributed by atoms with E-state index in [9.17, 15) is 30.8 Å². The first-order valence-electron chi connectivity index (χ1n) is 12.1. The Labute approximate surface area is 213 Å². The van der Waals surface area contributed by atoms with Gasteiger partial charge in [0.1, 0.15) is 15.9 Å². The molecule has 37 heavy (non-hydrogen) atoms. The number of carbonyl (C=O) groups excluding carboxylic acids is 1. The molecular weight excluding hydrogens is 516 g/mol. The molecule has 3 N–H and O–H groups in total. The van der Waals surface area contributed by atoms with Gasteiger partial charge in [-0.15, -0.1) is 0 Å². The molecule has 0 bridgehead atoms. The van der Waals surface area contributed by atoms with Crippen LogP contribution >= 0.6 is 0 Å². The Morgan fingerprint density at radius 1 is 1.35 bits per heavy atom. The molecule has 0 radical (unpaired) electrons. The number of hydrogen-bond acceptors (Lipinski definition) is 7. The van der Waals surface area contributed by atoms with Crippen LogP contribution in [0.3, 0.4) is 0 Å². The number of halogens is 4. The lowest BCUT2D eigenvalue weighted by Gasteiger charge is -2.36. The summed E-state index contributed by atoms with van der Waals surface area (Å²) in [6, 6.07) is -0.780. The summed E-state index contributed by atoms with van der Waals surface area (Å²) in [4.78, 5) is 20.8. The zero-order valence-corrected chi connectivity index (χ0v) is 21.8. The maximum atomic E-state index is 14.6. The highest BCUT2D eigenvalue weighted by molar-refractivity contribution is 7.91. The molecule has 8 nitrogen and oxygen atoms in total. The molecule has 1 aliphatic carbocycles. The number of rotatable bonds is 6. The Morgan fingerprint density at radius 2 is 2.00 bits per heavy atom. The number of hydrogen-bond donors (Lipinski definition) is 2. The number of pyridine rings is 1. The summed E-state index contributed by atoms with van der Waals surface area (Å²) in [5.41, 5.74) is 5.60. The molecule has 1 aromatic rings. The minimum atomic E-state index is -4.62. The van der Waals surface area contributed by atoms with Gasteiger partial charge in [-0.05, 0) is 52.0 Å². The number of ether oxygens (including phenoxy) is 1.